The lowest BCUT2D eigenvalue weighted by atomic mass is 10.2. The Hall–Kier alpha value is -3.14. The maximum absolute atomic E-state index is 11.2. The van der Waals surface area contributed by atoms with Crippen LogP contribution in [0, 0.1) is 17.0 Å². The average molecular weight is 374 g/mol. The molecule has 1 amide bonds. The molecule has 0 saturated heterocycles. The van der Waals surface area contributed by atoms with E-state index >= 15 is 0 Å². The highest BCUT2D eigenvalue weighted by Crippen LogP contribution is 2.14. The Morgan fingerprint density at radius 2 is 2.04 bits per heavy atom. The number of hydrogen-bond acceptors (Lipinski definition) is 8. The summed E-state index contributed by atoms with van der Waals surface area (Å²) in [7, 11) is 0. The number of amides is 1. The third kappa shape index (κ3) is 6.59. The molecule has 10 heteroatoms. The van der Waals surface area contributed by atoms with Crippen molar-refractivity contribution >= 4 is 23.5 Å². The van der Waals surface area contributed by atoms with Crippen molar-refractivity contribution in [1.29, 1.82) is 0 Å². The number of aryl methyl sites for hydroxylation is 1. The fraction of sp³-hybridized carbons (Fsp3) is 0.412. The largest absolute Gasteiger partial charge is 0.375 e. The molecule has 1 unspecified atom stereocenters. The monoisotopic (exact) mass is 374 g/mol. The van der Waals surface area contributed by atoms with E-state index in [-0.39, 0.29) is 30.2 Å². The number of rotatable bonds is 9. The first-order valence-corrected chi connectivity index (χ1v) is 8.45. The first kappa shape index (κ1) is 20.2. The highest BCUT2D eigenvalue weighted by Gasteiger charge is 2.12. The second kappa shape index (κ2) is 9.53. The van der Waals surface area contributed by atoms with E-state index in [1.807, 2.05) is 6.92 Å². The molecule has 0 fully saturated rings. The van der Waals surface area contributed by atoms with E-state index in [9.17, 15) is 14.9 Å². The van der Waals surface area contributed by atoms with Crippen molar-refractivity contribution in [3.05, 3.63) is 45.8 Å². The van der Waals surface area contributed by atoms with Gasteiger partial charge in [0, 0.05) is 19.1 Å². The van der Waals surface area contributed by atoms with Gasteiger partial charge in [-0.2, -0.15) is 15.0 Å². The van der Waals surface area contributed by atoms with Crippen LogP contribution in [0.25, 0.3) is 0 Å². The van der Waals surface area contributed by atoms with Gasteiger partial charge in [-0.3, -0.25) is 20.2 Å². The van der Waals surface area contributed by atoms with E-state index in [1.54, 1.807) is 19.1 Å². The number of carbonyl (C=O) groups excluding carboxylic acids is 1. The highest BCUT2D eigenvalue weighted by molar-refractivity contribution is 5.86. The van der Waals surface area contributed by atoms with Crippen molar-refractivity contribution in [2.45, 2.75) is 39.8 Å². The van der Waals surface area contributed by atoms with Crippen molar-refractivity contribution in [3.63, 3.8) is 0 Å². The first-order valence-electron chi connectivity index (χ1n) is 8.45. The molecule has 1 heterocycles. The molecular weight excluding hydrogens is 352 g/mol. The maximum atomic E-state index is 11.2. The highest BCUT2D eigenvalue weighted by atomic mass is 16.6. The number of anilines is 2. The average Bonchev–Trinajstić information content (AvgIpc) is 2.60. The minimum absolute atomic E-state index is 0.0347. The van der Waals surface area contributed by atoms with Crippen LogP contribution in [0.5, 0.6) is 0 Å². The summed E-state index contributed by atoms with van der Waals surface area (Å²) >= 11 is 0. The number of carbonyl (C=O) groups is 1. The number of non-ortho nitro benzene ring substituents is 1. The molecule has 144 valence electrons. The van der Waals surface area contributed by atoms with Crippen molar-refractivity contribution < 1.29 is 14.5 Å². The van der Waals surface area contributed by atoms with Crippen molar-refractivity contribution in [3.8, 4) is 0 Å². The third-order valence-electron chi connectivity index (χ3n) is 3.57. The van der Waals surface area contributed by atoms with Crippen molar-refractivity contribution in [2.75, 3.05) is 17.2 Å². The van der Waals surface area contributed by atoms with Gasteiger partial charge in [0.1, 0.15) is 5.82 Å². The summed E-state index contributed by atoms with van der Waals surface area (Å²) in [5.41, 5.74) is 0.760. The quantitative estimate of drug-likeness (QED) is 0.505. The fourth-order valence-corrected chi connectivity index (χ4v) is 2.28. The molecule has 0 aliphatic carbocycles. The number of nitro groups is 1. The number of nitrogens with one attached hydrogen (secondary N) is 2. The SMILES string of the molecule is CCC(COCc1cccc([N+](=O)[O-])c1)Nc1nc(C)nc(NC(C)=O)n1. The number of benzene rings is 1. The van der Waals surface area contributed by atoms with Crippen LogP contribution >= 0.6 is 0 Å². The summed E-state index contributed by atoms with van der Waals surface area (Å²) in [4.78, 5) is 34.0. The Morgan fingerprint density at radius 1 is 1.30 bits per heavy atom. The van der Waals surface area contributed by atoms with Gasteiger partial charge in [-0.15, -0.1) is 0 Å². The smallest absolute Gasteiger partial charge is 0.269 e. The second-order valence-corrected chi connectivity index (χ2v) is 5.90. The summed E-state index contributed by atoms with van der Waals surface area (Å²) in [6, 6.07) is 6.26. The van der Waals surface area contributed by atoms with Crippen molar-refractivity contribution in [1.82, 2.24) is 15.0 Å². The van der Waals surface area contributed by atoms with Gasteiger partial charge in [0.25, 0.3) is 5.69 Å². The van der Waals surface area contributed by atoms with Crippen LogP contribution in [0.3, 0.4) is 0 Å². The zero-order valence-electron chi connectivity index (χ0n) is 15.4. The summed E-state index contributed by atoms with van der Waals surface area (Å²) in [5.74, 6) is 0.740. The van der Waals surface area contributed by atoms with Crippen molar-refractivity contribution in [2.24, 2.45) is 0 Å². The van der Waals surface area contributed by atoms with E-state index < -0.39 is 4.92 Å². The molecular formula is C17H22N6O4. The fourth-order valence-electron chi connectivity index (χ4n) is 2.28. The van der Waals surface area contributed by atoms with Gasteiger partial charge in [-0.1, -0.05) is 19.1 Å². The van der Waals surface area contributed by atoms with Gasteiger partial charge in [0.15, 0.2) is 0 Å². The predicted octanol–water partition coefficient (Wildman–Crippen LogP) is 2.45. The second-order valence-electron chi connectivity index (χ2n) is 5.90. The summed E-state index contributed by atoms with van der Waals surface area (Å²) in [6.07, 6.45) is 0.745. The van der Waals surface area contributed by atoms with Gasteiger partial charge in [0.05, 0.1) is 24.2 Å². The molecule has 2 N–H and O–H groups in total. The molecule has 0 spiro atoms. The van der Waals surface area contributed by atoms with E-state index in [4.69, 9.17) is 4.74 Å². The Kier molecular flexibility index (Phi) is 7.12. The maximum Gasteiger partial charge on any atom is 0.269 e. The summed E-state index contributed by atoms with van der Waals surface area (Å²) in [6.45, 7) is 5.69. The molecule has 27 heavy (non-hydrogen) atoms. The van der Waals surface area contributed by atoms with E-state index in [2.05, 4.69) is 25.6 Å². The zero-order chi connectivity index (χ0) is 19.8. The van der Waals surface area contributed by atoms with Crippen LogP contribution < -0.4 is 10.6 Å². The van der Waals surface area contributed by atoms with Gasteiger partial charge >= 0.3 is 0 Å². The van der Waals surface area contributed by atoms with Crippen LogP contribution in [0.2, 0.25) is 0 Å². The predicted molar refractivity (Wildman–Crippen MR) is 99.3 cm³/mol. The van der Waals surface area contributed by atoms with Crippen LogP contribution in [0.15, 0.2) is 24.3 Å². The normalized spacial score (nSPS) is 11.7. The number of hydrogen-bond donors (Lipinski definition) is 2. The minimum Gasteiger partial charge on any atom is -0.375 e. The number of nitro benzene ring substituents is 1. The molecule has 10 nitrogen and oxygen atoms in total. The number of nitrogens with zero attached hydrogens (tertiary/aromatic N) is 4. The van der Waals surface area contributed by atoms with Gasteiger partial charge in [-0.05, 0) is 18.9 Å². The van der Waals surface area contributed by atoms with Crippen LogP contribution in [-0.2, 0) is 16.1 Å². The Bertz CT molecular complexity index is 814. The molecule has 1 aromatic carbocycles. The molecule has 0 radical (unpaired) electrons. The lowest BCUT2D eigenvalue weighted by molar-refractivity contribution is -0.384. The van der Waals surface area contributed by atoms with Gasteiger partial charge in [-0.25, -0.2) is 0 Å². The molecule has 0 bridgehead atoms. The molecule has 2 rings (SSSR count). The van der Waals surface area contributed by atoms with E-state index in [0.29, 0.717) is 18.4 Å². The summed E-state index contributed by atoms with van der Waals surface area (Å²) in [5, 5.41) is 16.5. The molecule has 1 aromatic heterocycles. The van der Waals surface area contributed by atoms with E-state index in [0.717, 1.165) is 12.0 Å². The van der Waals surface area contributed by atoms with Gasteiger partial charge in [0.2, 0.25) is 17.8 Å². The summed E-state index contributed by atoms with van der Waals surface area (Å²) < 4.78 is 5.68. The lowest BCUT2D eigenvalue weighted by Crippen LogP contribution is -2.26. The van der Waals surface area contributed by atoms with E-state index in [1.165, 1.54) is 19.1 Å². The topological polar surface area (TPSA) is 132 Å². The number of ether oxygens (including phenoxy) is 1. The first-order chi connectivity index (χ1) is 12.9. The number of aromatic nitrogens is 3. The molecule has 0 aliphatic heterocycles. The Balaban J connectivity index is 1.94. The Morgan fingerprint density at radius 3 is 2.70 bits per heavy atom. The standard InChI is InChI=1S/C17H22N6O4/c1-4-14(10-27-9-13-6-5-7-15(8-13)23(25)26)21-17-19-11(2)18-16(22-17)20-12(3)24/h5-8,14H,4,9-10H2,1-3H3,(H2,18,19,20,21,22,24). The van der Waals surface area contributed by atoms with Gasteiger partial charge < -0.3 is 10.1 Å². The van der Waals surface area contributed by atoms with Crippen LogP contribution in [0.4, 0.5) is 17.6 Å². The molecule has 0 aliphatic rings. The minimum atomic E-state index is -0.435. The molecule has 0 saturated carbocycles. The Labute approximate surface area is 156 Å². The van der Waals surface area contributed by atoms with Crippen LogP contribution in [-0.4, -0.2) is 38.4 Å². The van der Waals surface area contributed by atoms with Crippen LogP contribution in [0.1, 0.15) is 31.7 Å². The zero-order valence-corrected chi connectivity index (χ0v) is 15.4. The molecule has 1 atom stereocenters. The third-order valence-corrected chi connectivity index (χ3v) is 3.57. The molecule has 2 aromatic rings. The lowest BCUT2D eigenvalue weighted by Gasteiger charge is -2.17.